The molecule has 10 heteroatoms. The molecule has 1 amide bonds. The van der Waals surface area contributed by atoms with Gasteiger partial charge in [0.05, 0.1) is 12.6 Å². The van der Waals surface area contributed by atoms with Crippen LogP contribution in [0.3, 0.4) is 0 Å². The zero-order valence-corrected chi connectivity index (χ0v) is 13.6. The van der Waals surface area contributed by atoms with Crippen LogP contribution in [0, 0.1) is 11.8 Å². The van der Waals surface area contributed by atoms with Crippen LogP contribution >= 0.6 is 0 Å². The highest BCUT2D eigenvalue weighted by molar-refractivity contribution is 5.77. The molecular formula is C15H20F3N5O2. The van der Waals surface area contributed by atoms with Gasteiger partial charge in [-0.15, -0.1) is 10.2 Å². The molecule has 25 heavy (non-hydrogen) atoms. The van der Waals surface area contributed by atoms with Gasteiger partial charge in [-0.05, 0) is 38.1 Å². The van der Waals surface area contributed by atoms with Crippen molar-refractivity contribution in [3.05, 3.63) is 11.6 Å². The highest BCUT2D eigenvalue weighted by Gasteiger charge is 2.57. The Hall–Kier alpha value is -1.68. The second-order valence-electron chi connectivity index (χ2n) is 7.29. The van der Waals surface area contributed by atoms with E-state index in [0.717, 1.165) is 24.0 Å². The number of rotatable bonds is 3. The van der Waals surface area contributed by atoms with Crippen LogP contribution in [0.15, 0.2) is 0 Å². The number of hydrogen-bond acceptors (Lipinski definition) is 5. The Morgan fingerprint density at radius 2 is 2.20 bits per heavy atom. The number of amides is 1. The molecule has 1 aromatic rings. The second-order valence-corrected chi connectivity index (χ2v) is 7.29. The summed E-state index contributed by atoms with van der Waals surface area (Å²) in [6.07, 6.45) is -1.85. The minimum atomic E-state index is -4.52. The molecule has 1 saturated heterocycles. The molecule has 138 valence electrons. The van der Waals surface area contributed by atoms with E-state index in [-0.39, 0.29) is 48.4 Å². The van der Waals surface area contributed by atoms with Gasteiger partial charge in [-0.2, -0.15) is 13.2 Å². The van der Waals surface area contributed by atoms with E-state index in [1.54, 1.807) is 0 Å². The Bertz CT molecular complexity index is 691. The maximum atomic E-state index is 13.0. The summed E-state index contributed by atoms with van der Waals surface area (Å²) < 4.78 is 45.8. The normalized spacial score (nSPS) is 34.8. The van der Waals surface area contributed by atoms with Crippen molar-refractivity contribution in [1.29, 1.82) is 0 Å². The van der Waals surface area contributed by atoms with Gasteiger partial charge in [-0.3, -0.25) is 4.79 Å². The van der Waals surface area contributed by atoms with Crippen molar-refractivity contribution in [3.8, 4) is 0 Å². The van der Waals surface area contributed by atoms with Crippen LogP contribution in [0.2, 0.25) is 0 Å². The fraction of sp³-hybridized carbons (Fsp3) is 0.800. The first kappa shape index (κ1) is 16.8. The van der Waals surface area contributed by atoms with Crippen LogP contribution in [0.5, 0.6) is 0 Å². The number of ether oxygens (including phenoxy) is 1. The third-order valence-electron chi connectivity index (χ3n) is 5.68. The molecule has 0 aromatic carbocycles. The number of piperidine rings is 1. The van der Waals surface area contributed by atoms with Gasteiger partial charge in [0.1, 0.15) is 6.61 Å². The van der Waals surface area contributed by atoms with E-state index in [9.17, 15) is 18.0 Å². The number of fused-ring (bicyclic) bond motifs is 1. The zero-order chi connectivity index (χ0) is 17.8. The number of carbonyl (C=O) groups is 1. The first-order valence-corrected chi connectivity index (χ1v) is 8.44. The van der Waals surface area contributed by atoms with Gasteiger partial charge in [0.25, 0.3) is 0 Å². The van der Waals surface area contributed by atoms with Gasteiger partial charge in [-0.25, -0.2) is 0 Å². The van der Waals surface area contributed by atoms with Crippen molar-refractivity contribution in [2.24, 2.45) is 17.6 Å². The summed E-state index contributed by atoms with van der Waals surface area (Å²) in [6, 6.07) is 0. The van der Waals surface area contributed by atoms with Crippen LogP contribution in [-0.4, -0.2) is 38.9 Å². The minimum absolute atomic E-state index is 0.0325. The Balaban J connectivity index is 1.41. The Morgan fingerprint density at radius 3 is 2.92 bits per heavy atom. The number of carbonyl (C=O) groups excluding carboxylic acids is 1. The summed E-state index contributed by atoms with van der Waals surface area (Å²) in [5.41, 5.74) is 5.32. The average Bonchev–Trinajstić information content (AvgIpc) is 3.00. The quantitative estimate of drug-likeness (QED) is 0.834. The molecule has 3 heterocycles. The van der Waals surface area contributed by atoms with E-state index in [2.05, 4.69) is 15.5 Å². The lowest BCUT2D eigenvalue weighted by molar-refractivity contribution is -0.149. The van der Waals surface area contributed by atoms with Crippen molar-refractivity contribution >= 4 is 5.91 Å². The third kappa shape index (κ3) is 3.01. The molecule has 0 radical (unpaired) electrons. The van der Waals surface area contributed by atoms with Crippen molar-refractivity contribution in [1.82, 2.24) is 20.1 Å². The maximum Gasteiger partial charge on any atom is 0.451 e. The van der Waals surface area contributed by atoms with Gasteiger partial charge >= 0.3 is 6.18 Å². The van der Waals surface area contributed by atoms with E-state index < -0.39 is 12.0 Å². The van der Waals surface area contributed by atoms with Gasteiger partial charge in [0.15, 0.2) is 5.82 Å². The summed E-state index contributed by atoms with van der Waals surface area (Å²) in [7, 11) is 0. The summed E-state index contributed by atoms with van der Waals surface area (Å²) in [4.78, 5) is 11.5. The Kier molecular flexibility index (Phi) is 3.80. The SMILES string of the molecule is NC(=O)C1CCNC2(C1)CC2C[C@@H]1Cn2c(nnc2C(F)(F)F)CO1. The predicted octanol–water partition coefficient (Wildman–Crippen LogP) is 0.829. The standard InChI is InChI=1S/C15H20F3N5O2/c16-15(17,18)13-22-21-11-7-25-10(6-23(11)13)3-9-5-14(9)4-8(12(19)24)1-2-20-14/h8-10,20H,1-7H2,(H2,19,24)/t8?,9?,10-,14?/m1/s1. The molecule has 3 unspecified atom stereocenters. The van der Waals surface area contributed by atoms with Gasteiger partial charge in [0, 0.05) is 11.5 Å². The van der Waals surface area contributed by atoms with E-state index in [1.165, 1.54) is 0 Å². The smallest absolute Gasteiger partial charge is 0.369 e. The summed E-state index contributed by atoms with van der Waals surface area (Å²) in [5.74, 6) is -0.874. The minimum Gasteiger partial charge on any atom is -0.369 e. The number of aromatic nitrogens is 3. The number of alkyl halides is 3. The average molecular weight is 359 g/mol. The first-order valence-electron chi connectivity index (χ1n) is 8.44. The van der Waals surface area contributed by atoms with Crippen molar-refractivity contribution in [3.63, 3.8) is 0 Å². The van der Waals surface area contributed by atoms with Crippen molar-refractivity contribution < 1.29 is 22.7 Å². The Labute approximate surface area is 142 Å². The molecule has 2 aliphatic heterocycles. The molecule has 4 rings (SSSR count). The Morgan fingerprint density at radius 1 is 1.40 bits per heavy atom. The lowest BCUT2D eigenvalue weighted by Crippen LogP contribution is -2.45. The lowest BCUT2D eigenvalue weighted by Gasteiger charge is -2.31. The number of primary amides is 1. The number of halogens is 3. The largest absolute Gasteiger partial charge is 0.451 e. The number of hydrogen-bond donors (Lipinski definition) is 2. The zero-order valence-electron chi connectivity index (χ0n) is 13.6. The summed E-state index contributed by atoms with van der Waals surface area (Å²) >= 11 is 0. The number of nitrogens with zero attached hydrogens (tertiary/aromatic N) is 3. The van der Waals surface area contributed by atoms with E-state index in [1.807, 2.05) is 0 Å². The molecule has 3 N–H and O–H groups in total. The molecule has 7 nitrogen and oxygen atoms in total. The molecule has 1 saturated carbocycles. The fourth-order valence-electron chi connectivity index (χ4n) is 4.26. The lowest BCUT2D eigenvalue weighted by atomic mass is 9.88. The first-order chi connectivity index (χ1) is 11.8. The molecular weight excluding hydrogens is 339 g/mol. The molecule has 1 aromatic heterocycles. The molecule has 3 aliphatic rings. The van der Waals surface area contributed by atoms with E-state index in [0.29, 0.717) is 12.8 Å². The number of nitrogens with two attached hydrogens (primary N) is 1. The molecule has 1 aliphatic carbocycles. The van der Waals surface area contributed by atoms with Crippen molar-refractivity contribution in [2.75, 3.05) is 6.54 Å². The molecule has 1 spiro atoms. The highest BCUT2D eigenvalue weighted by Crippen LogP contribution is 2.53. The van der Waals surface area contributed by atoms with Crippen LogP contribution in [0.25, 0.3) is 0 Å². The molecule has 4 atom stereocenters. The summed E-state index contributed by atoms with van der Waals surface area (Å²) in [6.45, 7) is 0.872. The molecule has 2 fully saturated rings. The topological polar surface area (TPSA) is 95.1 Å². The maximum absolute atomic E-state index is 13.0. The van der Waals surface area contributed by atoms with Gasteiger partial charge in [-0.1, -0.05) is 0 Å². The van der Waals surface area contributed by atoms with Crippen molar-refractivity contribution in [2.45, 2.75) is 56.7 Å². The number of nitrogens with one attached hydrogen (secondary N) is 1. The predicted molar refractivity (Wildman–Crippen MR) is 79.0 cm³/mol. The van der Waals surface area contributed by atoms with Gasteiger partial charge < -0.3 is 20.4 Å². The monoisotopic (exact) mass is 359 g/mol. The molecule has 0 bridgehead atoms. The van der Waals surface area contributed by atoms with E-state index in [4.69, 9.17) is 10.5 Å². The second kappa shape index (κ2) is 5.66. The van der Waals surface area contributed by atoms with Crippen LogP contribution in [0.4, 0.5) is 13.2 Å². The van der Waals surface area contributed by atoms with Crippen LogP contribution in [-0.2, 0) is 28.9 Å². The summed E-state index contributed by atoms with van der Waals surface area (Å²) in [5, 5.41) is 10.3. The van der Waals surface area contributed by atoms with E-state index >= 15 is 0 Å². The van der Waals surface area contributed by atoms with Gasteiger partial charge in [0.2, 0.25) is 11.7 Å². The third-order valence-corrected chi connectivity index (χ3v) is 5.68. The van der Waals surface area contributed by atoms with Crippen LogP contribution < -0.4 is 11.1 Å². The van der Waals surface area contributed by atoms with Crippen LogP contribution in [0.1, 0.15) is 37.3 Å². The fourth-order valence-corrected chi connectivity index (χ4v) is 4.26. The highest BCUT2D eigenvalue weighted by atomic mass is 19.4.